The third-order valence-electron chi connectivity index (χ3n) is 3.38. The van der Waals surface area contributed by atoms with Crippen LogP contribution in [-0.4, -0.2) is 37.7 Å². The highest BCUT2D eigenvalue weighted by Crippen LogP contribution is 2.14. The number of carbonyl (C=O) groups excluding carboxylic acids is 2. The summed E-state index contributed by atoms with van der Waals surface area (Å²) >= 11 is 0. The molecule has 7 nitrogen and oxygen atoms in total. The van der Waals surface area contributed by atoms with Gasteiger partial charge in [0.2, 0.25) is 0 Å². The predicted molar refractivity (Wildman–Crippen MR) is 96.8 cm³/mol. The highest BCUT2D eigenvalue weighted by Gasteiger charge is 2.09. The molecule has 0 atom stereocenters. The zero-order valence-corrected chi connectivity index (χ0v) is 14.6. The number of carbonyl (C=O) groups is 2. The molecule has 0 saturated carbocycles. The number of nitrogens with one attached hydrogen (secondary N) is 2. The van der Waals surface area contributed by atoms with Crippen molar-refractivity contribution < 1.29 is 14.3 Å². The van der Waals surface area contributed by atoms with Crippen LogP contribution >= 0.6 is 0 Å². The fraction of sp³-hybridized carbons (Fsp3) is 0.278. The Labute approximate surface area is 147 Å². The van der Waals surface area contributed by atoms with E-state index in [9.17, 15) is 9.59 Å². The predicted octanol–water partition coefficient (Wildman–Crippen LogP) is 2.65. The Morgan fingerprint density at radius 2 is 1.88 bits per heavy atom. The zero-order valence-electron chi connectivity index (χ0n) is 14.6. The van der Waals surface area contributed by atoms with E-state index in [0.717, 1.165) is 11.4 Å². The standard InChI is InChI=1S/C18H22N4O3/c1-4-25-17(23)13-7-9-15(10-8-13)21-18(24)20-12-14-6-5-11-19-16(14)22(2)3/h5-11H,4,12H2,1-3H3,(H2,20,21,24). The van der Waals surface area contributed by atoms with Gasteiger partial charge in [-0.2, -0.15) is 0 Å². The van der Waals surface area contributed by atoms with Gasteiger partial charge in [-0.25, -0.2) is 14.6 Å². The summed E-state index contributed by atoms with van der Waals surface area (Å²) in [5.74, 6) is 0.424. The molecule has 7 heteroatoms. The lowest BCUT2D eigenvalue weighted by Crippen LogP contribution is -2.29. The molecule has 1 aromatic heterocycles. The largest absolute Gasteiger partial charge is 0.462 e. The molecule has 2 N–H and O–H groups in total. The van der Waals surface area contributed by atoms with Crippen LogP contribution in [0.25, 0.3) is 0 Å². The summed E-state index contributed by atoms with van der Waals surface area (Å²) in [6, 6.07) is 9.93. The molecule has 0 aliphatic carbocycles. The van der Waals surface area contributed by atoms with Crippen LogP contribution in [0.5, 0.6) is 0 Å². The molecule has 0 radical (unpaired) electrons. The Bertz CT molecular complexity index is 729. The molecule has 0 unspecified atom stereocenters. The minimum Gasteiger partial charge on any atom is -0.462 e. The number of amides is 2. The lowest BCUT2D eigenvalue weighted by molar-refractivity contribution is 0.0526. The summed E-state index contributed by atoms with van der Waals surface area (Å²) in [5, 5.41) is 5.51. The van der Waals surface area contributed by atoms with Gasteiger partial charge in [0, 0.05) is 38.1 Å². The molecule has 0 fully saturated rings. The van der Waals surface area contributed by atoms with Crippen molar-refractivity contribution in [3.8, 4) is 0 Å². The van der Waals surface area contributed by atoms with Crippen molar-refractivity contribution in [2.45, 2.75) is 13.5 Å². The first-order valence-corrected chi connectivity index (χ1v) is 7.94. The Kier molecular flexibility index (Phi) is 6.33. The van der Waals surface area contributed by atoms with Crippen molar-refractivity contribution in [2.24, 2.45) is 0 Å². The van der Waals surface area contributed by atoms with Gasteiger partial charge in [0.05, 0.1) is 12.2 Å². The van der Waals surface area contributed by atoms with Gasteiger partial charge in [-0.05, 0) is 37.3 Å². The van der Waals surface area contributed by atoms with Crippen molar-refractivity contribution in [3.63, 3.8) is 0 Å². The molecule has 2 aromatic rings. The normalized spacial score (nSPS) is 10.0. The average Bonchev–Trinajstić information content (AvgIpc) is 2.61. The average molecular weight is 342 g/mol. The Morgan fingerprint density at radius 3 is 2.52 bits per heavy atom. The summed E-state index contributed by atoms with van der Waals surface area (Å²) in [6.07, 6.45) is 1.71. The highest BCUT2D eigenvalue weighted by atomic mass is 16.5. The van der Waals surface area contributed by atoms with Gasteiger partial charge in [0.25, 0.3) is 0 Å². The van der Waals surface area contributed by atoms with Crippen molar-refractivity contribution in [2.75, 3.05) is 30.9 Å². The fourth-order valence-electron chi connectivity index (χ4n) is 2.23. The topological polar surface area (TPSA) is 83.6 Å². The molecule has 0 bridgehead atoms. The SMILES string of the molecule is CCOC(=O)c1ccc(NC(=O)NCc2cccnc2N(C)C)cc1. The summed E-state index contributed by atoms with van der Waals surface area (Å²) in [4.78, 5) is 29.8. The molecular weight excluding hydrogens is 320 g/mol. The quantitative estimate of drug-likeness (QED) is 0.789. The Balaban J connectivity index is 1.91. The van der Waals surface area contributed by atoms with Gasteiger partial charge in [-0.3, -0.25) is 0 Å². The Hall–Kier alpha value is -3.09. The number of aromatic nitrogens is 1. The van der Waals surface area contributed by atoms with Crippen LogP contribution in [0.1, 0.15) is 22.8 Å². The number of rotatable bonds is 6. The van der Waals surface area contributed by atoms with E-state index in [4.69, 9.17) is 4.74 Å². The van der Waals surface area contributed by atoms with E-state index in [0.29, 0.717) is 24.4 Å². The maximum Gasteiger partial charge on any atom is 0.338 e. The van der Waals surface area contributed by atoms with E-state index in [2.05, 4.69) is 15.6 Å². The van der Waals surface area contributed by atoms with Crippen molar-refractivity contribution in [1.82, 2.24) is 10.3 Å². The number of hydrogen-bond acceptors (Lipinski definition) is 5. The van der Waals surface area contributed by atoms with Gasteiger partial charge in [-0.1, -0.05) is 6.07 Å². The molecular formula is C18H22N4O3. The fourth-order valence-corrected chi connectivity index (χ4v) is 2.23. The molecule has 0 saturated heterocycles. The number of nitrogens with zero attached hydrogens (tertiary/aromatic N) is 2. The van der Waals surface area contributed by atoms with E-state index in [-0.39, 0.29) is 12.0 Å². The zero-order chi connectivity index (χ0) is 18.2. The van der Waals surface area contributed by atoms with E-state index < -0.39 is 0 Å². The van der Waals surface area contributed by atoms with Gasteiger partial charge in [0.1, 0.15) is 5.82 Å². The third kappa shape index (κ3) is 5.20. The van der Waals surface area contributed by atoms with Crippen LogP contribution in [0.2, 0.25) is 0 Å². The molecule has 25 heavy (non-hydrogen) atoms. The number of urea groups is 1. The number of pyridine rings is 1. The monoisotopic (exact) mass is 342 g/mol. The second-order valence-electron chi connectivity index (χ2n) is 5.49. The molecule has 0 spiro atoms. The van der Waals surface area contributed by atoms with E-state index >= 15 is 0 Å². The maximum absolute atomic E-state index is 12.0. The third-order valence-corrected chi connectivity index (χ3v) is 3.38. The summed E-state index contributed by atoms with van der Waals surface area (Å²) < 4.78 is 4.92. The molecule has 0 aliphatic rings. The van der Waals surface area contributed by atoms with Crippen LogP contribution in [0.15, 0.2) is 42.6 Å². The van der Waals surface area contributed by atoms with Gasteiger partial charge in [-0.15, -0.1) is 0 Å². The summed E-state index contributed by atoms with van der Waals surface area (Å²) in [6.45, 7) is 2.43. The molecule has 2 rings (SSSR count). The van der Waals surface area contributed by atoms with Crippen molar-refractivity contribution >= 4 is 23.5 Å². The van der Waals surface area contributed by atoms with Gasteiger partial charge < -0.3 is 20.3 Å². The van der Waals surface area contributed by atoms with E-state index in [1.165, 1.54) is 0 Å². The van der Waals surface area contributed by atoms with Crippen molar-refractivity contribution in [1.29, 1.82) is 0 Å². The number of esters is 1. The van der Waals surface area contributed by atoms with Crippen LogP contribution in [0, 0.1) is 0 Å². The first-order chi connectivity index (χ1) is 12.0. The lowest BCUT2D eigenvalue weighted by Gasteiger charge is -2.16. The maximum atomic E-state index is 12.0. The van der Waals surface area contributed by atoms with Crippen LogP contribution < -0.4 is 15.5 Å². The number of benzene rings is 1. The second kappa shape index (κ2) is 8.68. The minimum absolute atomic E-state index is 0.324. The first-order valence-electron chi connectivity index (χ1n) is 7.94. The van der Waals surface area contributed by atoms with Crippen LogP contribution in [0.4, 0.5) is 16.3 Å². The smallest absolute Gasteiger partial charge is 0.338 e. The van der Waals surface area contributed by atoms with Crippen LogP contribution in [0.3, 0.4) is 0 Å². The van der Waals surface area contributed by atoms with Gasteiger partial charge >= 0.3 is 12.0 Å². The number of anilines is 2. The molecule has 132 valence electrons. The minimum atomic E-state index is -0.383. The summed E-state index contributed by atoms with van der Waals surface area (Å²) in [5.41, 5.74) is 1.95. The van der Waals surface area contributed by atoms with E-state index in [1.54, 1.807) is 37.4 Å². The molecule has 1 aromatic carbocycles. The summed E-state index contributed by atoms with van der Waals surface area (Å²) in [7, 11) is 3.80. The number of hydrogen-bond donors (Lipinski definition) is 2. The molecule has 0 aliphatic heterocycles. The molecule has 1 heterocycles. The van der Waals surface area contributed by atoms with Gasteiger partial charge in [0.15, 0.2) is 0 Å². The number of ether oxygens (including phenoxy) is 1. The lowest BCUT2D eigenvalue weighted by atomic mass is 10.2. The van der Waals surface area contributed by atoms with E-state index in [1.807, 2.05) is 31.1 Å². The first kappa shape index (κ1) is 18.3. The Morgan fingerprint density at radius 1 is 1.16 bits per heavy atom. The highest BCUT2D eigenvalue weighted by molar-refractivity contribution is 5.92. The van der Waals surface area contributed by atoms with Crippen molar-refractivity contribution in [3.05, 3.63) is 53.7 Å². The molecule has 2 amide bonds. The second-order valence-corrected chi connectivity index (χ2v) is 5.49. The van der Waals surface area contributed by atoms with Crippen LogP contribution in [-0.2, 0) is 11.3 Å².